The van der Waals surface area contributed by atoms with Crippen molar-refractivity contribution in [3.63, 3.8) is 0 Å². The number of amides is 1. The molecule has 0 aromatic heterocycles. The first kappa shape index (κ1) is 35.7. The van der Waals surface area contributed by atoms with E-state index < -0.39 is 27.4 Å². The van der Waals surface area contributed by atoms with Crippen LogP contribution in [0.4, 0.5) is 4.39 Å². The van der Waals surface area contributed by atoms with Gasteiger partial charge in [0.25, 0.3) is 0 Å². The van der Waals surface area contributed by atoms with Gasteiger partial charge < -0.3 is 23.9 Å². The highest BCUT2D eigenvalue weighted by Gasteiger charge is 2.56. The highest BCUT2D eigenvalue weighted by molar-refractivity contribution is 7.62. The largest absolute Gasteiger partial charge is 0.508 e. The second-order valence-electron chi connectivity index (χ2n) is 13.9. The Hall–Kier alpha value is -3.59. The van der Waals surface area contributed by atoms with Crippen molar-refractivity contribution >= 4 is 27.1 Å². The van der Waals surface area contributed by atoms with Crippen molar-refractivity contribution in [1.82, 2.24) is 5.32 Å². The molecule has 0 aliphatic carbocycles. The van der Waals surface area contributed by atoms with Crippen LogP contribution in [0.5, 0.6) is 5.75 Å². The minimum Gasteiger partial charge on any atom is -0.508 e. The van der Waals surface area contributed by atoms with Crippen molar-refractivity contribution in [1.29, 1.82) is 0 Å². The van der Waals surface area contributed by atoms with Crippen molar-refractivity contribution in [2.75, 3.05) is 14.2 Å². The van der Waals surface area contributed by atoms with Crippen LogP contribution in [0.2, 0.25) is 18.1 Å². The number of hydrogen-bond donors (Lipinski definition) is 2. The number of nitrogens with one attached hydrogen (secondary N) is 1. The van der Waals surface area contributed by atoms with Crippen LogP contribution in [0.1, 0.15) is 56.4 Å². The summed E-state index contributed by atoms with van der Waals surface area (Å²) in [5, 5.41) is 15.2. The van der Waals surface area contributed by atoms with E-state index in [1.54, 1.807) is 36.4 Å². The molecule has 10 heteroatoms. The lowest BCUT2D eigenvalue weighted by Gasteiger charge is -2.51. The Morgan fingerprint density at radius 3 is 2.15 bits per heavy atom. The molecule has 1 fully saturated rings. The van der Waals surface area contributed by atoms with Crippen LogP contribution >= 0.6 is 7.60 Å². The van der Waals surface area contributed by atoms with Gasteiger partial charge in [0.2, 0.25) is 5.91 Å². The molecule has 1 aliphatic rings. The highest BCUT2D eigenvalue weighted by atomic mass is 31.2. The topological polar surface area (TPSA) is 94.1 Å². The number of rotatable bonds is 12. The van der Waals surface area contributed by atoms with Crippen molar-refractivity contribution in [3.8, 4) is 16.9 Å². The molecule has 1 aliphatic heterocycles. The number of hydrogen-bond acceptors (Lipinski definition) is 6. The monoisotopic (exact) mass is 689 g/mol. The maximum atomic E-state index is 13.9. The van der Waals surface area contributed by atoms with Crippen LogP contribution in [0.25, 0.3) is 11.1 Å². The third-order valence-corrected chi connectivity index (χ3v) is 16.3. The quantitative estimate of drug-likeness (QED) is 0.0877. The van der Waals surface area contributed by atoms with E-state index in [-0.39, 0.29) is 28.6 Å². The molecule has 1 amide bonds. The van der Waals surface area contributed by atoms with Gasteiger partial charge in [-0.05, 0) is 83.6 Å². The molecule has 2 N–H and O–H groups in total. The maximum absolute atomic E-state index is 13.9. The molecule has 3 atom stereocenters. The molecule has 1 heterocycles. The fraction of sp³-hybridized carbons (Fsp3) is 0.342. The number of benzene rings is 4. The minimum atomic E-state index is -3.48. The number of carbonyl (C=O) groups is 1. The summed E-state index contributed by atoms with van der Waals surface area (Å²) in [5.74, 6) is -0.931. The molecule has 0 radical (unpaired) electrons. The lowest BCUT2D eigenvalue weighted by Crippen LogP contribution is -2.67. The fourth-order valence-corrected chi connectivity index (χ4v) is 8.68. The second-order valence-corrected chi connectivity index (χ2v) is 20.9. The number of halogens is 1. The zero-order chi connectivity index (χ0) is 34.9. The van der Waals surface area contributed by atoms with E-state index >= 15 is 0 Å². The van der Waals surface area contributed by atoms with Gasteiger partial charge in [0.1, 0.15) is 17.1 Å². The van der Waals surface area contributed by atoms with Gasteiger partial charge in [-0.1, -0.05) is 87.5 Å². The summed E-state index contributed by atoms with van der Waals surface area (Å²) in [6.45, 7) is 10.9. The van der Waals surface area contributed by atoms with Crippen molar-refractivity contribution in [2.24, 2.45) is 5.92 Å². The SMILES string of the molecule is COP(=O)(OC)c1cccc(-c2ccc([C@]3(c4ccccc4)NC(=O)[C@@H]3CC[C@H](O[Si](C)(C)C(C)(C)C)c3ccc(F)cc3)c(O)c2)c1. The van der Waals surface area contributed by atoms with Crippen LogP contribution in [-0.4, -0.2) is 33.6 Å². The molecule has 0 saturated carbocycles. The van der Waals surface area contributed by atoms with Crippen LogP contribution < -0.4 is 10.6 Å². The first-order chi connectivity index (χ1) is 22.6. The molecule has 4 aromatic rings. The molecule has 0 bridgehead atoms. The number of phenols is 1. The fourth-order valence-electron chi connectivity index (χ4n) is 6.23. The van der Waals surface area contributed by atoms with Crippen molar-refractivity contribution in [2.45, 2.75) is 63.4 Å². The zero-order valence-corrected chi connectivity index (χ0v) is 30.5. The summed E-state index contributed by atoms with van der Waals surface area (Å²) >= 11 is 0. The first-order valence-corrected chi connectivity index (χ1v) is 20.6. The van der Waals surface area contributed by atoms with Crippen LogP contribution in [0, 0.1) is 11.7 Å². The van der Waals surface area contributed by atoms with Gasteiger partial charge in [-0.2, -0.15) is 0 Å². The van der Waals surface area contributed by atoms with Gasteiger partial charge >= 0.3 is 7.60 Å². The molecular formula is C38H45FNO6PSi. The standard InChI is InChI=1S/C38H45FNO6PSi/c1-37(2,3)48(6,7)46-35(26-16-19-30(39)20-17-26)23-22-33-36(42)40-38(33,29-13-9-8-10-14-29)32-21-18-28(25-34(32)41)27-12-11-15-31(24-27)47(43,44-4)45-5/h8-21,24-25,33,35,41H,22-23H2,1-7H3,(H,40,42)/t33-,35-,38-/m0/s1. The van der Waals surface area contributed by atoms with Crippen molar-refractivity contribution < 1.29 is 32.3 Å². The van der Waals surface area contributed by atoms with Crippen LogP contribution in [0.3, 0.4) is 0 Å². The van der Waals surface area contributed by atoms with Crippen LogP contribution in [0.15, 0.2) is 97.1 Å². The van der Waals surface area contributed by atoms with Gasteiger partial charge in [-0.15, -0.1) is 0 Å². The number of carbonyl (C=O) groups excluding carboxylic acids is 1. The number of phenolic OH excluding ortho intramolecular Hbond substituents is 1. The molecular weight excluding hydrogens is 644 g/mol. The summed E-state index contributed by atoms with van der Waals surface area (Å²) in [5.41, 5.74) is 2.71. The Morgan fingerprint density at radius 1 is 0.917 bits per heavy atom. The normalized spacial score (nSPS) is 19.0. The summed E-state index contributed by atoms with van der Waals surface area (Å²) < 4.78 is 44.2. The Labute approximate surface area is 284 Å². The molecule has 5 rings (SSSR count). The lowest BCUT2D eigenvalue weighted by molar-refractivity contribution is -0.140. The Kier molecular flexibility index (Phi) is 10.2. The van der Waals surface area contributed by atoms with Gasteiger partial charge in [0.05, 0.1) is 17.3 Å². The van der Waals surface area contributed by atoms with Gasteiger partial charge in [0, 0.05) is 19.8 Å². The molecule has 1 saturated heterocycles. The third-order valence-electron chi connectivity index (χ3n) is 9.99. The Balaban J connectivity index is 1.52. The lowest BCUT2D eigenvalue weighted by atomic mass is 9.64. The van der Waals surface area contributed by atoms with E-state index in [2.05, 4.69) is 39.2 Å². The molecule has 0 unspecified atom stereocenters. The molecule has 0 spiro atoms. The number of aromatic hydroxyl groups is 1. The van der Waals surface area contributed by atoms with E-state index in [1.807, 2.05) is 48.5 Å². The highest BCUT2D eigenvalue weighted by Crippen LogP contribution is 2.51. The third kappa shape index (κ3) is 6.80. The number of β-lactam (4-membered cyclic amide) rings is 1. The summed E-state index contributed by atoms with van der Waals surface area (Å²) in [7, 11) is -3.05. The minimum absolute atomic E-state index is 0.0148. The predicted molar refractivity (Wildman–Crippen MR) is 190 cm³/mol. The van der Waals surface area contributed by atoms with E-state index in [4.69, 9.17) is 13.5 Å². The summed E-state index contributed by atoms with van der Waals surface area (Å²) in [4.78, 5) is 13.5. The van der Waals surface area contributed by atoms with E-state index in [0.29, 0.717) is 29.3 Å². The average Bonchev–Trinajstić information content (AvgIpc) is 3.06. The second kappa shape index (κ2) is 13.7. The smallest absolute Gasteiger partial charge is 0.360 e. The molecule has 7 nitrogen and oxygen atoms in total. The van der Waals surface area contributed by atoms with Gasteiger partial charge in [-0.3, -0.25) is 9.36 Å². The Morgan fingerprint density at radius 2 is 1.56 bits per heavy atom. The van der Waals surface area contributed by atoms with Gasteiger partial charge in [0.15, 0.2) is 8.32 Å². The molecule has 48 heavy (non-hydrogen) atoms. The summed E-state index contributed by atoms with van der Waals surface area (Å²) in [6.07, 6.45) is 0.645. The first-order valence-electron chi connectivity index (χ1n) is 16.1. The van der Waals surface area contributed by atoms with E-state index in [1.165, 1.54) is 26.4 Å². The van der Waals surface area contributed by atoms with Crippen LogP contribution in [-0.2, 0) is 28.4 Å². The Bertz CT molecular complexity index is 1800. The molecule has 254 valence electrons. The predicted octanol–water partition coefficient (Wildman–Crippen LogP) is 8.84. The molecule has 4 aromatic carbocycles. The van der Waals surface area contributed by atoms with Crippen molar-refractivity contribution in [3.05, 3.63) is 120 Å². The van der Waals surface area contributed by atoms with E-state index in [0.717, 1.165) is 16.7 Å². The van der Waals surface area contributed by atoms with Gasteiger partial charge in [-0.25, -0.2) is 4.39 Å². The zero-order valence-electron chi connectivity index (χ0n) is 28.6. The van der Waals surface area contributed by atoms with E-state index in [9.17, 15) is 18.9 Å². The maximum Gasteiger partial charge on any atom is 0.360 e. The average molecular weight is 690 g/mol. The summed E-state index contributed by atoms with van der Waals surface area (Å²) in [6, 6.07) is 28.5.